The van der Waals surface area contributed by atoms with Crippen molar-refractivity contribution < 1.29 is 24.3 Å². The summed E-state index contributed by atoms with van der Waals surface area (Å²) in [6.45, 7) is 0. The van der Waals surface area contributed by atoms with Crippen molar-refractivity contribution in [2.75, 3.05) is 24.3 Å². The van der Waals surface area contributed by atoms with E-state index in [4.69, 9.17) is 22.2 Å². The van der Waals surface area contributed by atoms with E-state index in [1.165, 1.54) is 46.9 Å². The average molecular weight is 585 g/mol. The normalized spacial score (nSPS) is 19.8. The second-order valence-corrected chi connectivity index (χ2v) is 11.2. The molecule has 34 heavy (non-hydrogen) atoms. The number of thiazole rings is 1. The van der Waals surface area contributed by atoms with Crippen molar-refractivity contribution in [3.05, 3.63) is 26.8 Å². The maximum atomic E-state index is 12.9. The number of aromatic nitrogens is 3. The van der Waals surface area contributed by atoms with Gasteiger partial charge in [0.15, 0.2) is 15.2 Å². The topological polar surface area (TPSA) is 173 Å². The monoisotopic (exact) mass is 583 g/mol. The number of carbonyl (C=O) groups excluding carboxylic acids is 2. The van der Waals surface area contributed by atoms with Gasteiger partial charge >= 0.3 is 5.97 Å². The Kier molecular flexibility index (Phi) is 8.64. The molecule has 0 spiro atoms. The van der Waals surface area contributed by atoms with Crippen LogP contribution in [0.2, 0.25) is 4.34 Å². The summed E-state index contributed by atoms with van der Waals surface area (Å²) in [6.07, 6.45) is 0. The van der Waals surface area contributed by atoms with E-state index in [-0.39, 0.29) is 39.0 Å². The first-order valence-electron chi connectivity index (χ1n) is 8.95. The Labute approximate surface area is 219 Å². The van der Waals surface area contributed by atoms with E-state index in [0.29, 0.717) is 21.4 Å². The van der Waals surface area contributed by atoms with Gasteiger partial charge in [-0.3, -0.25) is 14.5 Å². The van der Waals surface area contributed by atoms with Crippen LogP contribution in [0.3, 0.4) is 0 Å². The van der Waals surface area contributed by atoms with Gasteiger partial charge in [0.25, 0.3) is 11.8 Å². The van der Waals surface area contributed by atoms with Crippen LogP contribution in [-0.4, -0.2) is 78.7 Å². The van der Waals surface area contributed by atoms with Crippen LogP contribution >= 0.6 is 70.2 Å². The van der Waals surface area contributed by atoms with Gasteiger partial charge in [-0.1, -0.05) is 51.2 Å². The molecule has 0 aliphatic carbocycles. The Balaban J connectivity index is 0.00000324. The maximum Gasteiger partial charge on any atom is 0.352 e. The van der Waals surface area contributed by atoms with Crippen LogP contribution in [0.1, 0.15) is 5.69 Å². The predicted octanol–water partition coefficient (Wildman–Crippen LogP) is 1.53. The van der Waals surface area contributed by atoms with Crippen LogP contribution in [0.25, 0.3) is 0 Å². The number of fused-ring (bicyclic) bond motifs is 1. The van der Waals surface area contributed by atoms with Gasteiger partial charge in [0.05, 0.1) is 0 Å². The van der Waals surface area contributed by atoms with Crippen molar-refractivity contribution in [1.29, 1.82) is 0 Å². The molecule has 2 aromatic rings. The highest BCUT2D eigenvalue weighted by Gasteiger charge is 2.54. The number of aliphatic carboxylic acids is 1. The highest BCUT2D eigenvalue weighted by atomic mass is 35.5. The van der Waals surface area contributed by atoms with Gasteiger partial charge in [0, 0.05) is 11.5 Å². The fourth-order valence-electron chi connectivity index (χ4n) is 3.13. The Morgan fingerprint density at radius 2 is 2.26 bits per heavy atom. The molecule has 2 amide bonds. The third-order valence-electron chi connectivity index (χ3n) is 4.47. The number of nitrogen functional groups attached to an aromatic ring is 1. The molecule has 4 N–H and O–H groups in total. The lowest BCUT2D eigenvalue weighted by Gasteiger charge is -2.49. The van der Waals surface area contributed by atoms with Crippen molar-refractivity contribution in [1.82, 2.24) is 25.4 Å². The molecule has 0 aromatic carbocycles. The van der Waals surface area contributed by atoms with Gasteiger partial charge < -0.3 is 21.0 Å². The third kappa shape index (κ3) is 5.11. The number of amides is 2. The van der Waals surface area contributed by atoms with Crippen LogP contribution in [-0.2, 0) is 19.2 Å². The summed E-state index contributed by atoms with van der Waals surface area (Å²) in [4.78, 5) is 47.6. The zero-order chi connectivity index (χ0) is 23.7. The first-order chi connectivity index (χ1) is 15.8. The molecule has 4 heterocycles. The minimum Gasteiger partial charge on any atom is -0.477 e. The van der Waals surface area contributed by atoms with E-state index < -0.39 is 29.2 Å². The van der Waals surface area contributed by atoms with Crippen molar-refractivity contribution in [3.8, 4) is 0 Å². The molecule has 2 unspecified atom stereocenters. The van der Waals surface area contributed by atoms with Crippen LogP contribution in [0.15, 0.2) is 26.3 Å². The number of oxime groups is 1. The van der Waals surface area contributed by atoms with Crippen LogP contribution in [0.4, 0.5) is 5.13 Å². The lowest BCUT2D eigenvalue weighted by atomic mass is 10.0. The number of carbonyl (C=O) groups is 3. The quantitative estimate of drug-likeness (QED) is 0.178. The van der Waals surface area contributed by atoms with Crippen molar-refractivity contribution in [3.63, 3.8) is 0 Å². The minimum absolute atomic E-state index is 0. The van der Waals surface area contributed by atoms with E-state index in [1.54, 1.807) is 5.51 Å². The number of halogens is 2. The average Bonchev–Trinajstić information content (AvgIpc) is 3.42. The number of anilines is 1. The molecular weight excluding hydrogens is 569 g/mol. The number of carboxylic acid groups (broad SMARTS) is 1. The van der Waals surface area contributed by atoms with Crippen LogP contribution in [0.5, 0.6) is 0 Å². The van der Waals surface area contributed by atoms with E-state index >= 15 is 0 Å². The smallest absolute Gasteiger partial charge is 0.352 e. The lowest BCUT2D eigenvalue weighted by molar-refractivity contribution is -0.150. The molecule has 18 heteroatoms. The predicted molar refractivity (Wildman–Crippen MR) is 133 cm³/mol. The van der Waals surface area contributed by atoms with Gasteiger partial charge in [-0.05, 0) is 5.57 Å². The van der Waals surface area contributed by atoms with Crippen LogP contribution in [0, 0.1) is 0 Å². The summed E-state index contributed by atoms with van der Waals surface area (Å²) in [7, 11) is 1.25. The standard InChI is InChI=1S/C16H14ClN7O5S4.ClH/c1-29-23-7(6-10(17)33-15(18)21-6)11(25)20-8-12(26)24-9(14(27)28)5(2-30-13(8)24)3-31-16-22-19-4-32-16;/h4,8,13H,2-3H2,1H3,(H2,18,21)(H,20,25)(H,27,28);1H/b23-7+;. The van der Waals surface area contributed by atoms with E-state index in [1.807, 2.05) is 0 Å². The number of rotatable bonds is 8. The summed E-state index contributed by atoms with van der Waals surface area (Å²) in [5.41, 5.74) is 7.52. The first-order valence-corrected chi connectivity index (χ1v) is 13.1. The number of hydrogen-bond donors (Lipinski definition) is 3. The van der Waals surface area contributed by atoms with E-state index in [9.17, 15) is 19.5 Å². The molecule has 2 atom stereocenters. The highest BCUT2D eigenvalue weighted by molar-refractivity contribution is 8.01. The van der Waals surface area contributed by atoms with Crippen molar-refractivity contribution in [2.24, 2.45) is 5.16 Å². The van der Waals surface area contributed by atoms with Crippen molar-refractivity contribution >= 4 is 98.8 Å². The number of β-lactam (4-membered cyclic amide) rings is 1. The molecule has 2 aliphatic heterocycles. The molecule has 0 saturated carbocycles. The molecule has 2 aromatic heterocycles. The zero-order valence-corrected chi connectivity index (χ0v) is 21.8. The fraction of sp³-hybridized carbons (Fsp3) is 0.312. The number of hydrogen-bond acceptors (Lipinski definition) is 13. The zero-order valence-electron chi connectivity index (χ0n) is 17.0. The summed E-state index contributed by atoms with van der Waals surface area (Å²) < 4.78 is 0.839. The lowest BCUT2D eigenvalue weighted by Crippen LogP contribution is -2.71. The van der Waals surface area contributed by atoms with Gasteiger partial charge in [-0.15, -0.1) is 34.4 Å². The third-order valence-corrected chi connectivity index (χ3v) is 8.84. The maximum absolute atomic E-state index is 12.9. The van der Waals surface area contributed by atoms with Gasteiger partial charge in [0.2, 0.25) is 0 Å². The minimum atomic E-state index is -1.21. The summed E-state index contributed by atoms with van der Waals surface area (Å²) in [5.74, 6) is -1.77. The first kappa shape index (κ1) is 26.5. The molecular formula is C16H15Cl2N7O5S4. The van der Waals surface area contributed by atoms with E-state index in [0.717, 1.165) is 11.3 Å². The Hall–Kier alpha value is -2.11. The second kappa shape index (κ2) is 11.1. The number of thioether (sulfide) groups is 2. The van der Waals surface area contributed by atoms with Gasteiger partial charge in [0.1, 0.15) is 39.8 Å². The van der Waals surface area contributed by atoms with Crippen LogP contribution < -0.4 is 11.1 Å². The van der Waals surface area contributed by atoms with Gasteiger partial charge in [-0.2, -0.15) is 0 Å². The summed E-state index contributed by atoms with van der Waals surface area (Å²) in [5, 5.41) is 23.2. The highest BCUT2D eigenvalue weighted by Crippen LogP contribution is 2.41. The van der Waals surface area contributed by atoms with Crippen molar-refractivity contribution in [2.45, 2.75) is 15.8 Å². The largest absolute Gasteiger partial charge is 0.477 e. The molecule has 2 aliphatic rings. The Morgan fingerprint density at radius 1 is 1.50 bits per heavy atom. The van der Waals surface area contributed by atoms with Gasteiger partial charge in [-0.25, -0.2) is 9.78 Å². The summed E-state index contributed by atoms with van der Waals surface area (Å²) >= 11 is 11.1. The molecule has 1 fully saturated rings. The Morgan fingerprint density at radius 3 is 2.85 bits per heavy atom. The SMILES string of the molecule is CO/N=C(/C(=O)NC1C(=O)N2C(C(=O)O)=C(CSc3nncs3)CSC12)c1nc(N)sc1Cl.Cl. The number of nitrogens with one attached hydrogen (secondary N) is 1. The molecule has 182 valence electrons. The number of nitrogens with zero attached hydrogens (tertiary/aromatic N) is 5. The summed E-state index contributed by atoms with van der Waals surface area (Å²) in [6, 6.07) is -0.953. The molecule has 4 rings (SSSR count). The fourth-order valence-corrected chi connectivity index (χ4v) is 7.03. The molecule has 12 nitrogen and oxygen atoms in total. The molecule has 1 saturated heterocycles. The number of carboxylic acids is 1. The number of nitrogens with two attached hydrogens (primary N) is 1. The molecule has 0 radical (unpaired) electrons. The van der Waals surface area contributed by atoms with E-state index in [2.05, 4.69) is 25.7 Å². The second-order valence-electron chi connectivity index (χ2n) is 6.41. The molecule has 0 bridgehead atoms. The Bertz CT molecular complexity index is 1170.